The van der Waals surface area contributed by atoms with Crippen LogP contribution in [0.3, 0.4) is 0 Å². The summed E-state index contributed by atoms with van der Waals surface area (Å²) < 4.78 is 13.0. The number of benzene rings is 1. The molecule has 0 aliphatic heterocycles. The molecular formula is C16H18FN3O2S. The van der Waals surface area contributed by atoms with Gasteiger partial charge in [-0.1, -0.05) is 0 Å². The Kier molecular flexibility index (Phi) is 4.70. The predicted molar refractivity (Wildman–Crippen MR) is 86.4 cm³/mol. The maximum atomic E-state index is 13.0. The van der Waals surface area contributed by atoms with E-state index in [2.05, 4.69) is 10.3 Å². The van der Waals surface area contributed by atoms with Crippen molar-refractivity contribution >= 4 is 17.2 Å². The van der Waals surface area contributed by atoms with Gasteiger partial charge in [0.25, 0.3) is 0 Å². The number of rotatable bonds is 4. The number of nitrogens with zero attached hydrogens (tertiary/aromatic N) is 1. The van der Waals surface area contributed by atoms with Gasteiger partial charge in [-0.2, -0.15) is 0 Å². The second kappa shape index (κ2) is 6.74. The van der Waals surface area contributed by atoms with E-state index in [1.807, 2.05) is 0 Å². The third-order valence-electron chi connectivity index (χ3n) is 3.89. The Bertz CT molecular complexity index is 702. The molecule has 5 nitrogen and oxygen atoms in total. The van der Waals surface area contributed by atoms with Crippen LogP contribution in [0.1, 0.15) is 29.5 Å². The van der Waals surface area contributed by atoms with Gasteiger partial charge in [-0.15, -0.1) is 11.3 Å². The molecule has 23 heavy (non-hydrogen) atoms. The van der Waals surface area contributed by atoms with Crippen LogP contribution in [0.4, 0.5) is 4.39 Å². The first kappa shape index (κ1) is 16.0. The van der Waals surface area contributed by atoms with Gasteiger partial charge in [0.05, 0.1) is 23.2 Å². The van der Waals surface area contributed by atoms with E-state index in [0.29, 0.717) is 0 Å². The van der Waals surface area contributed by atoms with Gasteiger partial charge in [0.1, 0.15) is 16.9 Å². The molecule has 0 saturated heterocycles. The van der Waals surface area contributed by atoms with Crippen LogP contribution >= 0.6 is 11.3 Å². The van der Waals surface area contributed by atoms with E-state index in [4.69, 9.17) is 10.8 Å². The zero-order valence-corrected chi connectivity index (χ0v) is 13.3. The van der Waals surface area contributed by atoms with Crippen LogP contribution in [0.15, 0.2) is 24.3 Å². The number of hydrogen-bond donors (Lipinski definition) is 3. The maximum absolute atomic E-state index is 13.0. The summed E-state index contributed by atoms with van der Waals surface area (Å²) in [5, 5.41) is 12.7. The van der Waals surface area contributed by atoms with Gasteiger partial charge in [0.2, 0.25) is 5.91 Å². The predicted octanol–water partition coefficient (Wildman–Crippen LogP) is 1.76. The van der Waals surface area contributed by atoms with Crippen molar-refractivity contribution in [3.05, 3.63) is 40.7 Å². The van der Waals surface area contributed by atoms with Crippen molar-refractivity contribution in [2.24, 2.45) is 5.73 Å². The number of nitrogens with one attached hydrogen (secondary N) is 1. The molecule has 1 heterocycles. The van der Waals surface area contributed by atoms with Crippen molar-refractivity contribution in [2.75, 3.05) is 6.61 Å². The Morgan fingerprint density at radius 1 is 1.48 bits per heavy atom. The van der Waals surface area contributed by atoms with Gasteiger partial charge in [-0.3, -0.25) is 4.79 Å². The molecule has 0 radical (unpaired) electrons. The van der Waals surface area contributed by atoms with Gasteiger partial charge in [0, 0.05) is 5.56 Å². The molecule has 4 N–H and O–H groups in total. The van der Waals surface area contributed by atoms with E-state index in [-0.39, 0.29) is 24.4 Å². The third-order valence-corrected chi connectivity index (χ3v) is 5.15. The van der Waals surface area contributed by atoms with E-state index in [0.717, 1.165) is 40.4 Å². The number of carbonyl (C=O) groups excluding carboxylic acids is 1. The summed E-state index contributed by atoms with van der Waals surface area (Å²) in [7, 11) is 0. The second-order valence-electron chi connectivity index (χ2n) is 5.58. The summed E-state index contributed by atoms with van der Waals surface area (Å²) in [4.78, 5) is 17.6. The average molecular weight is 335 g/mol. The van der Waals surface area contributed by atoms with E-state index >= 15 is 0 Å². The molecule has 0 fully saturated rings. The largest absolute Gasteiger partial charge is 0.394 e. The minimum absolute atomic E-state index is 0.129. The zero-order valence-electron chi connectivity index (χ0n) is 12.5. The Labute approximate surface area is 137 Å². The summed E-state index contributed by atoms with van der Waals surface area (Å²) in [6.07, 6.45) is 2.62. The van der Waals surface area contributed by atoms with Crippen LogP contribution in [0.5, 0.6) is 0 Å². The van der Waals surface area contributed by atoms with Gasteiger partial charge >= 0.3 is 0 Å². The van der Waals surface area contributed by atoms with Crippen molar-refractivity contribution in [1.29, 1.82) is 0 Å². The number of carbonyl (C=O) groups is 1. The fourth-order valence-corrected chi connectivity index (χ4v) is 3.84. The number of aliphatic hydroxyl groups is 1. The Hall–Kier alpha value is -1.83. The minimum Gasteiger partial charge on any atom is -0.394 e. The molecule has 1 aromatic heterocycles. The summed E-state index contributed by atoms with van der Waals surface area (Å²) >= 11 is 1.51. The highest BCUT2D eigenvalue weighted by Gasteiger charge is 2.27. The molecule has 0 spiro atoms. The van der Waals surface area contributed by atoms with Gasteiger partial charge in [0.15, 0.2) is 0 Å². The molecule has 1 aromatic carbocycles. The van der Waals surface area contributed by atoms with Crippen molar-refractivity contribution < 1.29 is 14.3 Å². The molecular weight excluding hydrogens is 317 g/mol. The zero-order chi connectivity index (χ0) is 16.4. The van der Waals surface area contributed by atoms with Crippen LogP contribution in [-0.2, 0) is 11.2 Å². The van der Waals surface area contributed by atoms with Crippen LogP contribution in [0.2, 0.25) is 0 Å². The van der Waals surface area contributed by atoms with Crippen LogP contribution in [0, 0.1) is 5.82 Å². The van der Waals surface area contributed by atoms with Crippen molar-refractivity contribution in [2.45, 2.75) is 31.3 Å². The van der Waals surface area contributed by atoms with Crippen LogP contribution < -0.4 is 11.1 Å². The van der Waals surface area contributed by atoms with E-state index in [1.54, 1.807) is 12.1 Å². The van der Waals surface area contributed by atoms with Crippen molar-refractivity contribution in [3.8, 4) is 10.6 Å². The number of aromatic nitrogens is 1. The summed E-state index contributed by atoms with van der Waals surface area (Å²) in [5.41, 5.74) is 7.39. The Morgan fingerprint density at radius 2 is 2.22 bits per heavy atom. The van der Waals surface area contributed by atoms with Crippen LogP contribution in [-0.4, -0.2) is 28.6 Å². The quantitative estimate of drug-likeness (QED) is 0.794. The van der Waals surface area contributed by atoms with Gasteiger partial charge in [-0.25, -0.2) is 9.37 Å². The van der Waals surface area contributed by atoms with Gasteiger partial charge in [-0.05, 0) is 43.5 Å². The van der Waals surface area contributed by atoms with Crippen molar-refractivity contribution in [3.63, 3.8) is 0 Å². The van der Waals surface area contributed by atoms with E-state index < -0.39 is 6.04 Å². The highest BCUT2D eigenvalue weighted by atomic mass is 32.1. The topological polar surface area (TPSA) is 88.2 Å². The molecule has 1 aliphatic carbocycles. The smallest absolute Gasteiger partial charge is 0.239 e. The SMILES string of the molecule is N[C@H](CO)C(=O)NC1CCCc2nc(-c3ccc(F)cc3)sc21. The normalized spacial score (nSPS) is 18.3. The number of thiazole rings is 1. The third kappa shape index (κ3) is 3.41. The van der Waals surface area contributed by atoms with Gasteiger partial charge < -0.3 is 16.2 Å². The Morgan fingerprint density at radius 3 is 2.91 bits per heavy atom. The summed E-state index contributed by atoms with van der Waals surface area (Å²) in [5.74, 6) is -0.639. The first-order valence-corrected chi connectivity index (χ1v) is 8.32. The number of fused-ring (bicyclic) bond motifs is 1. The molecule has 0 bridgehead atoms. The minimum atomic E-state index is -0.912. The number of aryl methyl sites for hydroxylation is 1. The second-order valence-corrected chi connectivity index (χ2v) is 6.61. The molecule has 2 aromatic rings. The molecule has 122 valence electrons. The number of nitrogens with two attached hydrogens (primary N) is 1. The lowest BCUT2D eigenvalue weighted by Crippen LogP contribution is -2.44. The molecule has 1 amide bonds. The molecule has 2 atom stereocenters. The highest BCUT2D eigenvalue weighted by molar-refractivity contribution is 7.15. The molecule has 1 unspecified atom stereocenters. The Balaban J connectivity index is 1.84. The lowest BCUT2D eigenvalue weighted by atomic mass is 9.98. The van der Waals surface area contributed by atoms with Crippen molar-refractivity contribution in [1.82, 2.24) is 10.3 Å². The summed E-state index contributed by atoms with van der Waals surface area (Å²) in [6.45, 7) is -0.380. The molecule has 0 saturated carbocycles. The number of amides is 1. The van der Waals surface area contributed by atoms with E-state index in [9.17, 15) is 9.18 Å². The number of hydrogen-bond acceptors (Lipinski definition) is 5. The number of halogens is 1. The lowest BCUT2D eigenvalue weighted by Gasteiger charge is -2.23. The van der Waals surface area contributed by atoms with Crippen LogP contribution in [0.25, 0.3) is 10.6 Å². The number of aliphatic hydroxyl groups excluding tert-OH is 1. The van der Waals surface area contributed by atoms with E-state index in [1.165, 1.54) is 23.5 Å². The summed E-state index contributed by atoms with van der Waals surface area (Å²) in [6, 6.07) is 5.19. The lowest BCUT2D eigenvalue weighted by molar-refractivity contribution is -0.124. The molecule has 7 heteroatoms. The average Bonchev–Trinajstić information content (AvgIpc) is 3.00. The monoisotopic (exact) mass is 335 g/mol. The first-order chi connectivity index (χ1) is 11.1. The molecule has 1 aliphatic rings. The standard InChI is InChI=1S/C16H18FN3O2S/c17-10-6-4-9(5-7-10)16-20-13-3-1-2-12(14(13)23-16)19-15(22)11(18)8-21/h4-7,11-12,21H,1-3,8,18H2,(H,19,22)/t11-,12?/m1/s1. The molecule has 3 rings (SSSR count). The maximum Gasteiger partial charge on any atom is 0.239 e. The first-order valence-electron chi connectivity index (χ1n) is 7.51. The highest BCUT2D eigenvalue weighted by Crippen LogP contribution is 2.37. The fourth-order valence-electron chi connectivity index (χ4n) is 2.63. The fraction of sp³-hybridized carbons (Fsp3) is 0.375.